The number of aliphatic hydroxyl groups excluding tert-OH is 11. The molecule has 0 aromatic heterocycles. The SMILES string of the molecule is CCCCCCCCCC/C=C\CCCCCCCCCCCCCCCCCCCCCC(=O)NC(COC1OC(CO)C(OC2OC(CO)C(OC3OC(CO)C(O)C(O)C3O)C(O)C2O)C(O)C1O)C(O)/C=C/CC/C=C/CCCCCCCCCC. The molecule has 0 aromatic carbocycles. The highest BCUT2D eigenvalue weighted by atomic mass is 16.8. The molecular formula is C71H131NO18. The summed E-state index contributed by atoms with van der Waals surface area (Å²) in [4.78, 5) is 13.4. The highest BCUT2D eigenvalue weighted by Crippen LogP contribution is 2.33. The Morgan fingerprint density at radius 1 is 0.389 bits per heavy atom. The highest BCUT2D eigenvalue weighted by Gasteiger charge is 2.53. The van der Waals surface area contributed by atoms with Crippen molar-refractivity contribution in [2.45, 2.75) is 381 Å². The van der Waals surface area contributed by atoms with Gasteiger partial charge in [-0.2, -0.15) is 0 Å². The van der Waals surface area contributed by atoms with E-state index in [2.05, 4.69) is 43.5 Å². The van der Waals surface area contributed by atoms with Crippen LogP contribution in [0.4, 0.5) is 0 Å². The lowest BCUT2D eigenvalue weighted by Gasteiger charge is -2.48. The molecular weight excluding hydrogens is 1150 g/mol. The number of amides is 1. The maximum Gasteiger partial charge on any atom is 0.220 e. The van der Waals surface area contributed by atoms with Crippen LogP contribution in [0.3, 0.4) is 0 Å². The van der Waals surface area contributed by atoms with Crippen LogP contribution in [0.15, 0.2) is 36.5 Å². The summed E-state index contributed by atoms with van der Waals surface area (Å²) in [6.07, 6.45) is 35.8. The fraction of sp³-hybridized carbons (Fsp3) is 0.901. The number of unbranched alkanes of at least 4 members (excludes halogenated alkanes) is 36. The van der Waals surface area contributed by atoms with Crippen LogP contribution in [0.25, 0.3) is 0 Å². The minimum atomic E-state index is -1.98. The maximum absolute atomic E-state index is 13.4. The van der Waals surface area contributed by atoms with Crippen molar-refractivity contribution in [3.05, 3.63) is 36.5 Å². The van der Waals surface area contributed by atoms with Crippen molar-refractivity contribution in [1.82, 2.24) is 5.32 Å². The van der Waals surface area contributed by atoms with Crippen LogP contribution in [-0.2, 0) is 33.2 Å². The summed E-state index contributed by atoms with van der Waals surface area (Å²) in [6.45, 7) is 1.72. The fourth-order valence-electron chi connectivity index (χ4n) is 12.3. The largest absolute Gasteiger partial charge is 0.394 e. The van der Waals surface area contributed by atoms with Crippen LogP contribution in [0, 0.1) is 0 Å². The molecule has 528 valence electrons. The van der Waals surface area contributed by atoms with Crippen LogP contribution in [0.1, 0.15) is 277 Å². The van der Waals surface area contributed by atoms with Crippen molar-refractivity contribution in [2.24, 2.45) is 0 Å². The second kappa shape index (κ2) is 53.2. The Balaban J connectivity index is 1.37. The Morgan fingerprint density at radius 2 is 0.711 bits per heavy atom. The van der Waals surface area contributed by atoms with Crippen molar-refractivity contribution >= 4 is 5.91 Å². The van der Waals surface area contributed by atoms with E-state index in [1.807, 2.05) is 6.08 Å². The van der Waals surface area contributed by atoms with E-state index >= 15 is 0 Å². The number of hydrogen-bond acceptors (Lipinski definition) is 18. The molecule has 90 heavy (non-hydrogen) atoms. The maximum atomic E-state index is 13.4. The van der Waals surface area contributed by atoms with Gasteiger partial charge >= 0.3 is 0 Å². The molecule has 3 heterocycles. The third-order valence-electron chi connectivity index (χ3n) is 18.2. The summed E-state index contributed by atoms with van der Waals surface area (Å²) < 4.78 is 34.3. The summed E-state index contributed by atoms with van der Waals surface area (Å²) in [5.74, 6) is -0.282. The average Bonchev–Trinajstić information content (AvgIpc) is 0.908. The topological polar surface area (TPSA) is 307 Å². The lowest BCUT2D eigenvalue weighted by Crippen LogP contribution is -2.66. The molecule has 0 aromatic rings. The molecule has 3 fully saturated rings. The van der Waals surface area contributed by atoms with Gasteiger partial charge in [0.1, 0.15) is 73.2 Å². The van der Waals surface area contributed by atoms with Crippen molar-refractivity contribution in [1.29, 1.82) is 0 Å². The first kappa shape index (κ1) is 82.2. The summed E-state index contributed by atoms with van der Waals surface area (Å²) in [6, 6.07) is -0.988. The Morgan fingerprint density at radius 3 is 1.11 bits per heavy atom. The molecule has 3 aliphatic heterocycles. The molecule has 12 N–H and O–H groups in total. The smallest absolute Gasteiger partial charge is 0.220 e. The summed E-state index contributed by atoms with van der Waals surface area (Å²) in [5, 5.41) is 120. The van der Waals surface area contributed by atoms with Gasteiger partial charge in [0.25, 0.3) is 0 Å². The standard InChI is InChI=1S/C71H131NO18/c1-3-5-7-9-11-13-15-17-19-20-21-22-23-24-25-26-27-28-29-30-31-32-33-34-35-37-39-41-43-45-47-49-59(77)72-54(55(76)48-46-44-42-40-38-36-18-16-14-12-10-8-6-4-2)53-85-69-65(83)62(80)67(57(51-74)87-69)90-71-66(84)63(81)68(58(52-75)88-71)89-70-64(82)61(79)60(78)56(50-73)86-70/h20-21,38,40,46,48,54-58,60-71,73-76,78-84H,3-19,22-37,39,41-45,47,49-53H2,1-2H3,(H,72,77)/b21-20-,40-38+,48-46+. The zero-order valence-electron chi connectivity index (χ0n) is 55.9. The quantitative estimate of drug-likeness (QED) is 0.0199. The molecule has 17 atom stereocenters. The van der Waals surface area contributed by atoms with E-state index in [1.165, 1.54) is 205 Å². The van der Waals surface area contributed by atoms with E-state index in [1.54, 1.807) is 6.08 Å². The molecule has 0 saturated carbocycles. The molecule has 0 radical (unpaired) electrons. The number of aliphatic hydroxyl groups is 11. The van der Waals surface area contributed by atoms with Gasteiger partial charge in [0.2, 0.25) is 5.91 Å². The number of carbonyl (C=O) groups is 1. The van der Waals surface area contributed by atoms with Crippen LogP contribution in [0.5, 0.6) is 0 Å². The fourth-order valence-corrected chi connectivity index (χ4v) is 12.3. The number of hydrogen-bond donors (Lipinski definition) is 12. The van der Waals surface area contributed by atoms with Crippen molar-refractivity contribution in [2.75, 3.05) is 26.4 Å². The minimum Gasteiger partial charge on any atom is -0.394 e. The molecule has 0 aliphatic carbocycles. The molecule has 19 nitrogen and oxygen atoms in total. The lowest BCUT2D eigenvalue weighted by molar-refractivity contribution is -0.379. The Hall–Kier alpha value is -1.99. The molecule has 0 spiro atoms. The van der Waals surface area contributed by atoms with Crippen molar-refractivity contribution in [3.63, 3.8) is 0 Å². The van der Waals surface area contributed by atoms with Gasteiger partial charge in [-0.05, 0) is 57.8 Å². The number of nitrogens with one attached hydrogen (secondary N) is 1. The Bertz CT molecular complexity index is 1780. The lowest BCUT2D eigenvalue weighted by atomic mass is 9.96. The third kappa shape index (κ3) is 34.6. The molecule has 3 rings (SSSR count). The van der Waals surface area contributed by atoms with Crippen LogP contribution < -0.4 is 5.32 Å². The van der Waals surface area contributed by atoms with Gasteiger partial charge in [-0.3, -0.25) is 4.79 Å². The second-order valence-electron chi connectivity index (χ2n) is 26.0. The Labute approximate surface area is 542 Å². The second-order valence-corrected chi connectivity index (χ2v) is 26.0. The van der Waals surface area contributed by atoms with Crippen LogP contribution >= 0.6 is 0 Å². The third-order valence-corrected chi connectivity index (χ3v) is 18.2. The van der Waals surface area contributed by atoms with E-state index < -0.39 is 124 Å². The molecule has 3 aliphatic rings. The first-order chi connectivity index (χ1) is 43.8. The first-order valence-corrected chi connectivity index (χ1v) is 36.2. The monoisotopic (exact) mass is 1290 g/mol. The van der Waals surface area contributed by atoms with Gasteiger partial charge in [-0.25, -0.2) is 0 Å². The highest BCUT2D eigenvalue weighted by molar-refractivity contribution is 5.76. The van der Waals surface area contributed by atoms with Crippen molar-refractivity contribution < 1.29 is 89.4 Å². The summed E-state index contributed by atoms with van der Waals surface area (Å²) >= 11 is 0. The normalized spacial score (nSPS) is 28.2. The predicted octanol–water partition coefficient (Wildman–Crippen LogP) is 10.00. The molecule has 17 unspecified atom stereocenters. The number of allylic oxidation sites excluding steroid dienone is 5. The van der Waals surface area contributed by atoms with Gasteiger partial charge in [0.15, 0.2) is 18.9 Å². The number of carbonyl (C=O) groups excluding carboxylic acids is 1. The van der Waals surface area contributed by atoms with E-state index in [0.29, 0.717) is 12.8 Å². The number of rotatable bonds is 56. The predicted molar refractivity (Wildman–Crippen MR) is 351 cm³/mol. The van der Waals surface area contributed by atoms with Crippen LogP contribution in [-0.4, -0.2) is 193 Å². The van der Waals surface area contributed by atoms with Gasteiger partial charge < -0.3 is 89.9 Å². The first-order valence-electron chi connectivity index (χ1n) is 36.2. The van der Waals surface area contributed by atoms with E-state index in [-0.39, 0.29) is 18.9 Å². The summed E-state index contributed by atoms with van der Waals surface area (Å²) in [7, 11) is 0. The van der Waals surface area contributed by atoms with E-state index in [4.69, 9.17) is 28.4 Å². The average molecular weight is 1290 g/mol. The van der Waals surface area contributed by atoms with Gasteiger partial charge in [-0.15, -0.1) is 0 Å². The molecule has 0 bridgehead atoms. The van der Waals surface area contributed by atoms with Gasteiger partial charge in [-0.1, -0.05) is 249 Å². The molecule has 1 amide bonds. The van der Waals surface area contributed by atoms with Crippen molar-refractivity contribution in [3.8, 4) is 0 Å². The van der Waals surface area contributed by atoms with E-state index in [9.17, 15) is 61.0 Å². The zero-order valence-corrected chi connectivity index (χ0v) is 55.9. The zero-order chi connectivity index (χ0) is 65.4. The molecule has 3 saturated heterocycles. The van der Waals surface area contributed by atoms with Gasteiger partial charge in [0, 0.05) is 6.42 Å². The van der Waals surface area contributed by atoms with Crippen LogP contribution in [0.2, 0.25) is 0 Å². The molecule has 19 heteroatoms. The van der Waals surface area contributed by atoms with Gasteiger partial charge in [0.05, 0.1) is 38.6 Å². The summed E-state index contributed by atoms with van der Waals surface area (Å²) in [5.41, 5.74) is 0. The number of ether oxygens (including phenoxy) is 6. The van der Waals surface area contributed by atoms with E-state index in [0.717, 1.165) is 38.5 Å². The Kier molecular flexibility index (Phi) is 48.6. The minimum absolute atomic E-state index is 0.239.